The molecule has 2 aromatic rings. The Morgan fingerprint density at radius 2 is 1.50 bits per heavy atom. The van der Waals surface area contributed by atoms with Crippen molar-refractivity contribution in [2.45, 2.75) is 31.9 Å². The van der Waals surface area contributed by atoms with Gasteiger partial charge in [0.1, 0.15) is 0 Å². The summed E-state index contributed by atoms with van der Waals surface area (Å²) >= 11 is 1.46. The summed E-state index contributed by atoms with van der Waals surface area (Å²) in [6.45, 7) is 2.61. The van der Waals surface area contributed by atoms with Crippen molar-refractivity contribution in [3.05, 3.63) is 76.7 Å². The standard InChI is InChI=1S/C22H23NO2S/c1-2-3-10-15-23-21(24)19(18-13-8-5-9-14-18)20(22(23)25)26-16-17-11-6-4-7-12-17/h4-9,11-14H,2-3,10,15-16H2,1H3. The van der Waals surface area contributed by atoms with Crippen LogP contribution in [0.5, 0.6) is 0 Å². The van der Waals surface area contributed by atoms with E-state index in [9.17, 15) is 9.59 Å². The van der Waals surface area contributed by atoms with Gasteiger partial charge in [-0.05, 0) is 17.5 Å². The molecule has 3 rings (SSSR count). The number of carbonyl (C=O) groups is 2. The zero-order valence-electron chi connectivity index (χ0n) is 15.0. The number of amides is 2. The molecule has 0 radical (unpaired) electrons. The normalized spacial score (nSPS) is 14.4. The number of thioether (sulfide) groups is 1. The molecule has 2 amide bonds. The van der Waals surface area contributed by atoms with E-state index in [1.807, 2.05) is 60.7 Å². The van der Waals surface area contributed by atoms with Crippen LogP contribution in [0.25, 0.3) is 5.57 Å². The molecule has 1 aliphatic heterocycles. The van der Waals surface area contributed by atoms with Crippen LogP contribution in [0.2, 0.25) is 0 Å². The quantitative estimate of drug-likeness (QED) is 0.494. The maximum atomic E-state index is 13.0. The number of benzene rings is 2. The fourth-order valence-corrected chi connectivity index (χ4v) is 4.09. The topological polar surface area (TPSA) is 37.4 Å². The average molecular weight is 365 g/mol. The third-order valence-electron chi connectivity index (χ3n) is 4.40. The molecule has 1 heterocycles. The Kier molecular flexibility index (Phi) is 6.29. The number of nitrogens with zero attached hydrogens (tertiary/aromatic N) is 1. The lowest BCUT2D eigenvalue weighted by Gasteiger charge is -2.14. The second kappa shape index (κ2) is 8.86. The molecule has 0 fully saturated rings. The van der Waals surface area contributed by atoms with E-state index in [1.165, 1.54) is 16.7 Å². The number of carbonyl (C=O) groups excluding carboxylic acids is 2. The predicted molar refractivity (Wildman–Crippen MR) is 107 cm³/mol. The van der Waals surface area contributed by atoms with E-state index < -0.39 is 0 Å². The van der Waals surface area contributed by atoms with E-state index >= 15 is 0 Å². The van der Waals surface area contributed by atoms with Crippen LogP contribution in [0.3, 0.4) is 0 Å². The molecule has 0 aromatic heterocycles. The zero-order valence-corrected chi connectivity index (χ0v) is 15.8. The Hall–Kier alpha value is -2.33. The summed E-state index contributed by atoms with van der Waals surface area (Å²) in [6, 6.07) is 19.6. The number of rotatable bonds is 8. The molecule has 134 valence electrons. The number of hydrogen-bond donors (Lipinski definition) is 0. The van der Waals surface area contributed by atoms with Gasteiger partial charge in [0.2, 0.25) is 0 Å². The number of unbranched alkanes of at least 4 members (excludes halogenated alkanes) is 2. The van der Waals surface area contributed by atoms with Crippen molar-refractivity contribution in [3.8, 4) is 0 Å². The Labute approximate surface area is 159 Å². The molecule has 0 saturated carbocycles. The molecule has 0 bridgehead atoms. The first-order valence-electron chi connectivity index (χ1n) is 9.05. The summed E-state index contributed by atoms with van der Waals surface area (Å²) in [7, 11) is 0. The van der Waals surface area contributed by atoms with Gasteiger partial charge < -0.3 is 0 Å². The first kappa shape index (κ1) is 18.5. The molecule has 0 N–H and O–H groups in total. The second-order valence-electron chi connectivity index (χ2n) is 6.31. The Morgan fingerprint density at radius 1 is 0.846 bits per heavy atom. The van der Waals surface area contributed by atoms with Crippen LogP contribution in [0, 0.1) is 0 Å². The van der Waals surface area contributed by atoms with Gasteiger partial charge in [-0.25, -0.2) is 0 Å². The molecule has 0 atom stereocenters. The molecule has 3 nitrogen and oxygen atoms in total. The maximum absolute atomic E-state index is 13.0. The first-order valence-corrected chi connectivity index (χ1v) is 10.0. The minimum Gasteiger partial charge on any atom is -0.274 e. The van der Waals surface area contributed by atoms with Crippen LogP contribution >= 0.6 is 11.8 Å². The van der Waals surface area contributed by atoms with Gasteiger partial charge in [0.15, 0.2) is 0 Å². The highest BCUT2D eigenvalue weighted by Crippen LogP contribution is 2.37. The number of imide groups is 1. The summed E-state index contributed by atoms with van der Waals surface area (Å²) in [5, 5.41) is 0. The van der Waals surface area contributed by atoms with Crippen molar-refractivity contribution in [1.29, 1.82) is 0 Å². The molecular weight excluding hydrogens is 342 g/mol. The van der Waals surface area contributed by atoms with Crippen LogP contribution in [-0.2, 0) is 15.3 Å². The highest BCUT2D eigenvalue weighted by molar-refractivity contribution is 8.03. The lowest BCUT2D eigenvalue weighted by molar-refractivity contribution is -0.136. The van der Waals surface area contributed by atoms with Crippen LogP contribution in [-0.4, -0.2) is 23.3 Å². The van der Waals surface area contributed by atoms with Gasteiger partial charge in [0.05, 0.1) is 10.5 Å². The predicted octanol–water partition coefficient (Wildman–Crippen LogP) is 4.89. The molecule has 0 saturated heterocycles. The van der Waals surface area contributed by atoms with Crippen molar-refractivity contribution < 1.29 is 9.59 Å². The smallest absolute Gasteiger partial charge is 0.267 e. The zero-order chi connectivity index (χ0) is 18.4. The first-order chi connectivity index (χ1) is 12.7. The minimum atomic E-state index is -0.159. The molecule has 1 aliphatic rings. The van der Waals surface area contributed by atoms with E-state index in [2.05, 4.69) is 6.92 Å². The Bertz CT molecular complexity index is 799. The second-order valence-corrected chi connectivity index (χ2v) is 7.30. The van der Waals surface area contributed by atoms with Crippen LogP contribution in [0.15, 0.2) is 65.6 Å². The van der Waals surface area contributed by atoms with Gasteiger partial charge >= 0.3 is 0 Å². The molecule has 2 aromatic carbocycles. The van der Waals surface area contributed by atoms with E-state index in [4.69, 9.17) is 0 Å². The molecule has 0 spiro atoms. The van der Waals surface area contributed by atoms with E-state index in [0.717, 1.165) is 30.4 Å². The summed E-state index contributed by atoms with van der Waals surface area (Å²) in [5.74, 6) is 0.368. The fraction of sp³-hybridized carbons (Fsp3) is 0.273. The molecule has 0 aliphatic carbocycles. The van der Waals surface area contributed by atoms with Gasteiger partial charge in [-0.3, -0.25) is 14.5 Å². The largest absolute Gasteiger partial charge is 0.274 e. The molecular formula is C22H23NO2S. The molecule has 0 unspecified atom stereocenters. The summed E-state index contributed by atoms with van der Waals surface area (Å²) in [5.41, 5.74) is 2.51. The minimum absolute atomic E-state index is 0.147. The fourth-order valence-electron chi connectivity index (χ4n) is 3.00. The summed E-state index contributed by atoms with van der Waals surface area (Å²) < 4.78 is 0. The van der Waals surface area contributed by atoms with Gasteiger partial charge in [-0.15, -0.1) is 11.8 Å². The van der Waals surface area contributed by atoms with E-state index in [-0.39, 0.29) is 11.8 Å². The monoisotopic (exact) mass is 365 g/mol. The van der Waals surface area contributed by atoms with Crippen molar-refractivity contribution in [2.75, 3.05) is 6.54 Å². The SMILES string of the molecule is CCCCCN1C(=O)C(SCc2ccccc2)=C(c2ccccc2)C1=O. The summed E-state index contributed by atoms with van der Waals surface area (Å²) in [6.07, 6.45) is 2.93. The average Bonchev–Trinajstić information content (AvgIpc) is 2.92. The third-order valence-corrected chi connectivity index (χ3v) is 5.54. The van der Waals surface area contributed by atoms with Gasteiger partial charge in [-0.1, -0.05) is 80.4 Å². The maximum Gasteiger partial charge on any atom is 0.267 e. The third kappa shape index (κ3) is 4.07. The van der Waals surface area contributed by atoms with Gasteiger partial charge in [0.25, 0.3) is 11.8 Å². The van der Waals surface area contributed by atoms with Crippen molar-refractivity contribution in [2.24, 2.45) is 0 Å². The van der Waals surface area contributed by atoms with Crippen molar-refractivity contribution in [3.63, 3.8) is 0 Å². The van der Waals surface area contributed by atoms with Crippen LogP contribution < -0.4 is 0 Å². The van der Waals surface area contributed by atoms with E-state index in [0.29, 0.717) is 22.8 Å². The lowest BCUT2D eigenvalue weighted by Crippen LogP contribution is -2.32. The van der Waals surface area contributed by atoms with Crippen molar-refractivity contribution >= 4 is 29.1 Å². The van der Waals surface area contributed by atoms with Crippen LogP contribution in [0.1, 0.15) is 37.3 Å². The highest BCUT2D eigenvalue weighted by Gasteiger charge is 2.38. The van der Waals surface area contributed by atoms with Crippen LogP contribution in [0.4, 0.5) is 0 Å². The number of hydrogen-bond acceptors (Lipinski definition) is 3. The Balaban J connectivity index is 1.87. The van der Waals surface area contributed by atoms with Gasteiger partial charge in [-0.2, -0.15) is 0 Å². The summed E-state index contributed by atoms with van der Waals surface area (Å²) in [4.78, 5) is 27.9. The highest BCUT2D eigenvalue weighted by atomic mass is 32.2. The lowest BCUT2D eigenvalue weighted by atomic mass is 10.1. The molecule has 26 heavy (non-hydrogen) atoms. The molecule has 4 heteroatoms. The van der Waals surface area contributed by atoms with Crippen molar-refractivity contribution in [1.82, 2.24) is 4.90 Å². The van der Waals surface area contributed by atoms with Gasteiger partial charge in [0, 0.05) is 12.3 Å². The Morgan fingerprint density at radius 3 is 2.15 bits per heavy atom. The van der Waals surface area contributed by atoms with E-state index in [1.54, 1.807) is 0 Å².